The average Bonchev–Trinajstić information content (AvgIpc) is 2.93. The number of amides is 1. The lowest BCUT2D eigenvalue weighted by Crippen LogP contribution is -2.40. The van der Waals surface area contributed by atoms with Gasteiger partial charge in [0.15, 0.2) is 0 Å². The molecule has 3 nitrogen and oxygen atoms in total. The van der Waals surface area contributed by atoms with Gasteiger partial charge in [0.1, 0.15) is 5.82 Å². The van der Waals surface area contributed by atoms with Crippen LogP contribution in [0.2, 0.25) is 10.0 Å². The standard InChI is InChI=1S/C14H16Cl2FNO2/c15-11-8-12(16)13(17)7-10(11)14(20)18(5-6-19)9-3-1-2-4-9/h7-9,19H,1-6H2. The second-order valence-corrected chi connectivity index (χ2v) is 5.72. The number of aliphatic hydroxyl groups excluding tert-OH is 1. The van der Waals surface area contributed by atoms with Crippen molar-refractivity contribution in [1.82, 2.24) is 4.90 Å². The fourth-order valence-electron chi connectivity index (χ4n) is 2.61. The lowest BCUT2D eigenvalue weighted by atomic mass is 10.1. The van der Waals surface area contributed by atoms with Gasteiger partial charge in [-0.25, -0.2) is 4.39 Å². The third-order valence-corrected chi connectivity index (χ3v) is 4.21. The van der Waals surface area contributed by atoms with Crippen molar-refractivity contribution in [3.8, 4) is 0 Å². The number of halogens is 3. The summed E-state index contributed by atoms with van der Waals surface area (Å²) in [6, 6.07) is 2.38. The summed E-state index contributed by atoms with van der Waals surface area (Å²) in [5.74, 6) is -1.03. The monoisotopic (exact) mass is 319 g/mol. The lowest BCUT2D eigenvalue weighted by molar-refractivity contribution is 0.0637. The molecule has 0 atom stereocenters. The molecule has 1 amide bonds. The molecule has 1 aromatic rings. The van der Waals surface area contributed by atoms with Gasteiger partial charge in [0.05, 0.1) is 22.2 Å². The molecule has 1 N–H and O–H groups in total. The van der Waals surface area contributed by atoms with Gasteiger partial charge < -0.3 is 10.0 Å². The molecule has 20 heavy (non-hydrogen) atoms. The maximum Gasteiger partial charge on any atom is 0.255 e. The van der Waals surface area contributed by atoms with Crippen LogP contribution < -0.4 is 0 Å². The maximum absolute atomic E-state index is 13.5. The second kappa shape index (κ2) is 6.74. The van der Waals surface area contributed by atoms with Gasteiger partial charge in [0.25, 0.3) is 5.91 Å². The van der Waals surface area contributed by atoms with E-state index in [0.717, 1.165) is 31.7 Å². The number of nitrogens with zero attached hydrogens (tertiary/aromatic N) is 1. The zero-order valence-corrected chi connectivity index (χ0v) is 12.4. The molecule has 2 rings (SSSR count). The highest BCUT2D eigenvalue weighted by Crippen LogP contribution is 2.29. The van der Waals surface area contributed by atoms with Crippen LogP contribution in [0.1, 0.15) is 36.0 Å². The zero-order chi connectivity index (χ0) is 14.7. The van der Waals surface area contributed by atoms with Crippen molar-refractivity contribution in [2.45, 2.75) is 31.7 Å². The first-order valence-electron chi connectivity index (χ1n) is 6.61. The van der Waals surface area contributed by atoms with Crippen LogP contribution in [-0.2, 0) is 0 Å². The molecular formula is C14H16Cl2FNO2. The van der Waals surface area contributed by atoms with Crippen molar-refractivity contribution < 1.29 is 14.3 Å². The van der Waals surface area contributed by atoms with Gasteiger partial charge in [-0.3, -0.25) is 4.79 Å². The van der Waals surface area contributed by atoms with Gasteiger partial charge in [0.2, 0.25) is 0 Å². The molecule has 6 heteroatoms. The fraction of sp³-hybridized carbons (Fsp3) is 0.500. The van der Waals surface area contributed by atoms with Gasteiger partial charge in [-0.1, -0.05) is 36.0 Å². The van der Waals surface area contributed by atoms with E-state index < -0.39 is 5.82 Å². The van der Waals surface area contributed by atoms with Crippen LogP contribution in [0.4, 0.5) is 4.39 Å². The summed E-state index contributed by atoms with van der Waals surface area (Å²) in [6.45, 7) is 0.0972. The van der Waals surface area contributed by atoms with E-state index >= 15 is 0 Å². The molecule has 0 bridgehead atoms. The van der Waals surface area contributed by atoms with Crippen molar-refractivity contribution in [3.05, 3.63) is 33.6 Å². The summed E-state index contributed by atoms with van der Waals surface area (Å²) in [7, 11) is 0. The molecular weight excluding hydrogens is 304 g/mol. The number of hydrogen-bond acceptors (Lipinski definition) is 2. The predicted octanol–water partition coefficient (Wildman–Crippen LogP) is 3.51. The van der Waals surface area contributed by atoms with Gasteiger partial charge in [0, 0.05) is 12.6 Å². The van der Waals surface area contributed by atoms with Crippen LogP contribution in [-0.4, -0.2) is 35.1 Å². The molecule has 1 saturated carbocycles. The minimum Gasteiger partial charge on any atom is -0.395 e. The molecule has 1 aliphatic carbocycles. The highest BCUT2D eigenvalue weighted by Gasteiger charge is 2.28. The Balaban J connectivity index is 2.29. The van der Waals surface area contributed by atoms with Crippen LogP contribution in [0.25, 0.3) is 0 Å². The summed E-state index contributed by atoms with van der Waals surface area (Å²) in [5.41, 5.74) is 0.0916. The van der Waals surface area contributed by atoms with Crippen molar-refractivity contribution in [1.29, 1.82) is 0 Å². The van der Waals surface area contributed by atoms with E-state index in [1.54, 1.807) is 4.90 Å². The number of aliphatic hydroxyl groups is 1. The smallest absolute Gasteiger partial charge is 0.255 e. The van der Waals surface area contributed by atoms with Crippen LogP contribution in [0.3, 0.4) is 0 Å². The van der Waals surface area contributed by atoms with Crippen LogP contribution in [0, 0.1) is 5.82 Å². The van der Waals surface area contributed by atoms with Gasteiger partial charge in [-0.15, -0.1) is 0 Å². The highest BCUT2D eigenvalue weighted by atomic mass is 35.5. The number of benzene rings is 1. The Hall–Kier alpha value is -0.840. The van der Waals surface area contributed by atoms with E-state index in [1.807, 2.05) is 0 Å². The first-order chi connectivity index (χ1) is 9.54. The Kier molecular flexibility index (Phi) is 5.24. The molecule has 0 spiro atoms. The minimum atomic E-state index is -0.671. The first kappa shape index (κ1) is 15.5. The Morgan fingerprint density at radius 2 is 1.95 bits per heavy atom. The highest BCUT2D eigenvalue weighted by molar-refractivity contribution is 6.36. The van der Waals surface area contributed by atoms with E-state index in [4.69, 9.17) is 28.3 Å². The molecule has 1 aliphatic rings. The zero-order valence-electron chi connectivity index (χ0n) is 10.9. The quantitative estimate of drug-likeness (QED) is 0.863. The number of hydrogen-bond donors (Lipinski definition) is 1. The Bertz CT molecular complexity index is 504. The molecule has 0 radical (unpaired) electrons. The largest absolute Gasteiger partial charge is 0.395 e. The summed E-state index contributed by atoms with van der Waals surface area (Å²) in [4.78, 5) is 14.1. The number of carbonyl (C=O) groups is 1. The van der Waals surface area contributed by atoms with Crippen molar-refractivity contribution >= 4 is 29.1 Å². The third-order valence-electron chi connectivity index (χ3n) is 3.61. The van der Waals surface area contributed by atoms with Gasteiger partial charge in [-0.2, -0.15) is 0 Å². The predicted molar refractivity (Wildman–Crippen MR) is 76.8 cm³/mol. The maximum atomic E-state index is 13.5. The fourth-order valence-corrected chi connectivity index (χ4v) is 3.08. The first-order valence-corrected chi connectivity index (χ1v) is 7.36. The van der Waals surface area contributed by atoms with E-state index in [9.17, 15) is 9.18 Å². The number of carbonyl (C=O) groups excluding carboxylic acids is 1. The van der Waals surface area contributed by atoms with Gasteiger partial charge >= 0.3 is 0 Å². The molecule has 0 unspecified atom stereocenters. The number of rotatable bonds is 4. The van der Waals surface area contributed by atoms with E-state index in [2.05, 4.69) is 0 Å². The SMILES string of the molecule is O=C(c1cc(F)c(Cl)cc1Cl)N(CCO)C1CCCC1. The average molecular weight is 320 g/mol. The van der Waals surface area contributed by atoms with Crippen molar-refractivity contribution in [2.24, 2.45) is 0 Å². The lowest BCUT2D eigenvalue weighted by Gasteiger charge is -2.28. The van der Waals surface area contributed by atoms with Crippen LogP contribution >= 0.6 is 23.2 Å². The van der Waals surface area contributed by atoms with E-state index in [0.29, 0.717) is 0 Å². The van der Waals surface area contributed by atoms with Gasteiger partial charge in [-0.05, 0) is 25.0 Å². The summed E-state index contributed by atoms with van der Waals surface area (Å²) >= 11 is 11.6. The molecule has 1 fully saturated rings. The second-order valence-electron chi connectivity index (χ2n) is 4.91. The third kappa shape index (κ3) is 3.25. The van der Waals surface area contributed by atoms with E-state index in [1.165, 1.54) is 6.07 Å². The normalized spacial score (nSPS) is 15.6. The Morgan fingerprint density at radius 3 is 2.55 bits per heavy atom. The molecule has 1 aromatic carbocycles. The summed E-state index contributed by atoms with van der Waals surface area (Å²) in [5, 5.41) is 9.16. The van der Waals surface area contributed by atoms with E-state index in [-0.39, 0.29) is 40.7 Å². The minimum absolute atomic E-state index is 0.0875. The molecule has 0 aliphatic heterocycles. The Labute approximate surface area is 127 Å². The molecule has 0 heterocycles. The summed E-state index contributed by atoms with van der Waals surface area (Å²) < 4.78 is 13.5. The molecule has 0 saturated heterocycles. The van der Waals surface area contributed by atoms with Crippen LogP contribution in [0.5, 0.6) is 0 Å². The summed E-state index contributed by atoms with van der Waals surface area (Å²) in [6.07, 6.45) is 3.92. The van der Waals surface area contributed by atoms with Crippen molar-refractivity contribution in [2.75, 3.05) is 13.2 Å². The molecule has 110 valence electrons. The van der Waals surface area contributed by atoms with Crippen LogP contribution in [0.15, 0.2) is 12.1 Å². The Morgan fingerprint density at radius 1 is 1.30 bits per heavy atom. The molecule has 0 aromatic heterocycles. The topological polar surface area (TPSA) is 40.5 Å². The van der Waals surface area contributed by atoms with Crippen molar-refractivity contribution in [3.63, 3.8) is 0 Å².